The van der Waals surface area contributed by atoms with Crippen LogP contribution in [0, 0.1) is 5.53 Å². The Hall–Kier alpha value is -0.930. The van der Waals surface area contributed by atoms with E-state index in [4.69, 9.17) is 6.90 Å². The normalized spacial score (nSPS) is 13.6. The average molecular weight is 73.1 g/mol. The van der Waals surface area contributed by atoms with E-state index in [1.165, 1.54) is 0 Å². The largest absolute Gasteiger partial charge is 0.322 e. The molecule has 0 heterocycles. The van der Waals surface area contributed by atoms with Gasteiger partial charge in [-0.2, -0.15) is 5.10 Å². The van der Waals surface area contributed by atoms with E-state index >= 15 is 0 Å². The summed E-state index contributed by atoms with van der Waals surface area (Å²) in [6.07, 6.45) is -0.463. The average Bonchev–Trinajstić information content (AvgIpc) is 1.65. The van der Waals surface area contributed by atoms with Gasteiger partial charge < -0.3 is 5.84 Å². The first-order valence-corrected chi connectivity index (χ1v) is 0.929. The van der Waals surface area contributed by atoms with Gasteiger partial charge in [0.05, 0.1) is 0 Å². The lowest BCUT2D eigenvalue weighted by atomic mass is 11.4. The highest BCUT2D eigenvalue weighted by Gasteiger charge is 1.43. The van der Waals surface area contributed by atoms with Gasteiger partial charge >= 0.3 is 0 Å². The van der Waals surface area contributed by atoms with E-state index in [1.54, 1.807) is 0 Å². The molecule has 4 nitrogen and oxygen atoms in total. The van der Waals surface area contributed by atoms with Gasteiger partial charge in [-0.05, 0) is 0 Å². The third-order valence-electron chi connectivity index (χ3n) is 0.108. The zero-order valence-corrected chi connectivity index (χ0v) is 2.47. The van der Waals surface area contributed by atoms with Crippen molar-refractivity contribution in [2.45, 2.75) is 0 Å². The van der Waals surface area contributed by atoms with Crippen LogP contribution in [0.5, 0.6) is 0 Å². The predicted octanol–water partition coefficient (Wildman–Crippen LogP) is -0.0806. The SMILES string of the molecule is [2H]C(N=N)=NN. The van der Waals surface area contributed by atoms with Crippen molar-refractivity contribution in [3.8, 4) is 0 Å². The third-order valence-corrected chi connectivity index (χ3v) is 0.108. The molecule has 0 aromatic heterocycles. The Morgan fingerprint density at radius 2 is 2.80 bits per heavy atom. The number of amidine groups is 1. The molecule has 0 aromatic carbocycles. The Balaban J connectivity index is 3.50. The summed E-state index contributed by atoms with van der Waals surface area (Å²) in [4.78, 5) is 0. The van der Waals surface area contributed by atoms with E-state index in [2.05, 4.69) is 16.1 Å². The van der Waals surface area contributed by atoms with Gasteiger partial charge in [0.25, 0.3) is 0 Å². The van der Waals surface area contributed by atoms with Crippen LogP contribution in [0.4, 0.5) is 0 Å². The first kappa shape index (κ1) is 2.32. The Morgan fingerprint density at radius 1 is 2.20 bits per heavy atom. The minimum Gasteiger partial charge on any atom is -0.322 e. The molecule has 0 fully saturated rings. The molecule has 0 aliphatic heterocycles. The fourth-order valence-electron chi connectivity index (χ4n) is 0.0289. The molecule has 0 bridgehead atoms. The van der Waals surface area contributed by atoms with Crippen LogP contribution in [-0.4, -0.2) is 6.31 Å². The second-order valence-corrected chi connectivity index (χ2v) is 0.341. The predicted molar refractivity (Wildman–Crippen MR) is 17.8 cm³/mol. The van der Waals surface area contributed by atoms with E-state index in [1.807, 2.05) is 0 Å². The standard InChI is InChI=1S/CH4N4/c2-4-1-5-3/h1-2H,3H2/i1D. The summed E-state index contributed by atoms with van der Waals surface area (Å²) in [5.41, 5.74) is 6.04. The van der Waals surface area contributed by atoms with Crippen LogP contribution in [-0.2, 0) is 0 Å². The van der Waals surface area contributed by atoms with Gasteiger partial charge in [0.1, 0.15) is 1.37 Å². The van der Waals surface area contributed by atoms with Gasteiger partial charge in [-0.3, -0.25) is 0 Å². The maximum absolute atomic E-state index is 6.34. The summed E-state index contributed by atoms with van der Waals surface area (Å²) in [6, 6.07) is 0. The van der Waals surface area contributed by atoms with Gasteiger partial charge in [-0.25, -0.2) is 5.53 Å². The van der Waals surface area contributed by atoms with Crippen LogP contribution >= 0.6 is 0 Å². The molecular formula is CH4N4. The van der Waals surface area contributed by atoms with Crippen LogP contribution in [0.15, 0.2) is 10.2 Å². The van der Waals surface area contributed by atoms with Crippen LogP contribution in [0.3, 0.4) is 0 Å². The molecule has 4 heteroatoms. The number of rotatable bonds is 0. The zero-order chi connectivity index (χ0) is 4.99. The second kappa shape index (κ2) is 3.07. The lowest BCUT2D eigenvalue weighted by Crippen LogP contribution is -1.75. The van der Waals surface area contributed by atoms with Gasteiger partial charge in [0.2, 0.25) is 0 Å². The number of nitrogens with one attached hydrogen (secondary N) is 1. The lowest BCUT2D eigenvalue weighted by molar-refractivity contribution is 1.17. The summed E-state index contributed by atoms with van der Waals surface area (Å²) >= 11 is 0. The highest BCUT2D eigenvalue weighted by atomic mass is 15.2. The molecule has 0 unspecified atom stereocenters. The van der Waals surface area contributed by atoms with Crippen molar-refractivity contribution in [3.63, 3.8) is 0 Å². The van der Waals surface area contributed by atoms with Gasteiger partial charge in [-0.1, -0.05) is 0 Å². The van der Waals surface area contributed by atoms with Gasteiger partial charge in [-0.15, -0.1) is 5.11 Å². The quantitative estimate of drug-likeness (QED) is 0.136. The molecular weight excluding hydrogens is 68.0 g/mol. The fraction of sp³-hybridized carbons (Fsp3) is 0. The number of nitrogens with zero attached hydrogens (tertiary/aromatic N) is 2. The maximum atomic E-state index is 6.34. The van der Waals surface area contributed by atoms with E-state index < -0.39 is 6.31 Å². The first-order chi connectivity index (χ1) is 2.81. The monoisotopic (exact) mass is 73.0 g/mol. The van der Waals surface area contributed by atoms with Gasteiger partial charge in [0.15, 0.2) is 6.31 Å². The van der Waals surface area contributed by atoms with E-state index in [0.717, 1.165) is 0 Å². The molecule has 0 aromatic rings. The minimum absolute atomic E-state index is 0.463. The Labute approximate surface area is 30.6 Å². The maximum Gasteiger partial charge on any atom is 0.156 e. The van der Waals surface area contributed by atoms with Crippen molar-refractivity contribution >= 4 is 6.31 Å². The molecule has 0 radical (unpaired) electrons. The Morgan fingerprint density at radius 3 is 2.80 bits per heavy atom. The Kier molecular flexibility index (Phi) is 1.42. The molecule has 0 saturated carbocycles. The number of hydrazone groups is 1. The topological polar surface area (TPSA) is 74.6 Å². The number of hydrogen-bond acceptors (Lipinski definition) is 3. The van der Waals surface area contributed by atoms with E-state index in [-0.39, 0.29) is 0 Å². The highest BCUT2D eigenvalue weighted by molar-refractivity contribution is 5.52. The van der Waals surface area contributed by atoms with Crippen molar-refractivity contribution in [2.24, 2.45) is 16.1 Å². The molecule has 0 rings (SSSR count). The van der Waals surface area contributed by atoms with Crippen molar-refractivity contribution < 1.29 is 1.37 Å². The molecule has 3 N–H and O–H groups in total. The van der Waals surface area contributed by atoms with Crippen LogP contribution in [0.25, 0.3) is 0 Å². The Bertz CT molecular complexity index is 75.6. The zero-order valence-electron chi connectivity index (χ0n) is 3.47. The van der Waals surface area contributed by atoms with Crippen LogP contribution < -0.4 is 5.84 Å². The number of hydrogen-bond donors (Lipinski definition) is 2. The highest BCUT2D eigenvalue weighted by Crippen LogP contribution is 1.44. The molecule has 0 aliphatic rings. The second-order valence-electron chi connectivity index (χ2n) is 0.341. The van der Waals surface area contributed by atoms with E-state index in [0.29, 0.717) is 0 Å². The van der Waals surface area contributed by atoms with Crippen molar-refractivity contribution in [3.05, 3.63) is 0 Å². The fourth-order valence-corrected chi connectivity index (χ4v) is 0.0289. The lowest BCUT2D eigenvalue weighted by Gasteiger charge is -1.58. The minimum atomic E-state index is -0.463. The first-order valence-electron chi connectivity index (χ1n) is 1.43. The smallest absolute Gasteiger partial charge is 0.156 e. The van der Waals surface area contributed by atoms with Crippen LogP contribution in [0.2, 0.25) is 0 Å². The molecule has 0 spiro atoms. The van der Waals surface area contributed by atoms with Gasteiger partial charge in [0, 0.05) is 0 Å². The van der Waals surface area contributed by atoms with Crippen LogP contribution in [0.1, 0.15) is 1.37 Å². The van der Waals surface area contributed by atoms with Crippen molar-refractivity contribution in [1.29, 1.82) is 5.53 Å². The third kappa shape index (κ3) is 3.07. The molecule has 5 heavy (non-hydrogen) atoms. The molecule has 0 aliphatic carbocycles. The molecule has 0 atom stereocenters. The number of nitrogens with two attached hydrogens (primary N) is 1. The molecule has 28 valence electrons. The summed E-state index contributed by atoms with van der Waals surface area (Å²) in [5, 5.41) is 5.28. The van der Waals surface area contributed by atoms with Crippen molar-refractivity contribution in [1.82, 2.24) is 0 Å². The molecule has 0 saturated heterocycles. The summed E-state index contributed by atoms with van der Waals surface area (Å²) < 4.78 is 6.34. The summed E-state index contributed by atoms with van der Waals surface area (Å²) in [5.74, 6) is 4.47. The summed E-state index contributed by atoms with van der Waals surface area (Å²) in [6.45, 7) is 0. The van der Waals surface area contributed by atoms with E-state index in [9.17, 15) is 0 Å². The molecule has 0 amide bonds. The van der Waals surface area contributed by atoms with Crippen molar-refractivity contribution in [2.75, 3.05) is 0 Å². The summed E-state index contributed by atoms with van der Waals surface area (Å²) in [7, 11) is 0.